The van der Waals surface area contributed by atoms with Gasteiger partial charge in [-0.15, -0.1) is 11.3 Å². The number of fused-ring (bicyclic) bond motifs is 1. The molecular weight excluding hydrogens is 409 g/mol. The Balaban J connectivity index is 1.47. The van der Waals surface area contributed by atoms with Crippen LogP contribution in [0.3, 0.4) is 0 Å². The number of nitrogens with one attached hydrogen (secondary N) is 1. The van der Waals surface area contributed by atoms with Crippen LogP contribution in [0.4, 0.5) is 19.0 Å². The number of hydrogen-bond donors (Lipinski definition) is 1. The highest BCUT2D eigenvalue weighted by molar-refractivity contribution is 7.18. The van der Waals surface area contributed by atoms with Crippen molar-refractivity contribution in [3.05, 3.63) is 53.2 Å². The smallest absolute Gasteiger partial charge is 0.356 e. The van der Waals surface area contributed by atoms with E-state index in [1.54, 1.807) is 6.07 Å². The summed E-state index contributed by atoms with van der Waals surface area (Å²) in [6.45, 7) is 4.74. The lowest BCUT2D eigenvalue weighted by Crippen LogP contribution is -2.35. The Hall–Kier alpha value is -2.19. The molecule has 0 amide bonds. The van der Waals surface area contributed by atoms with E-state index in [1.165, 1.54) is 11.9 Å². The van der Waals surface area contributed by atoms with Crippen molar-refractivity contribution in [2.75, 3.05) is 18.0 Å². The molecule has 8 heteroatoms. The fourth-order valence-electron chi connectivity index (χ4n) is 4.04. The summed E-state index contributed by atoms with van der Waals surface area (Å²) in [5.41, 5.74) is 1.26. The maximum Gasteiger partial charge on any atom is 0.393 e. The van der Waals surface area contributed by atoms with E-state index >= 15 is 0 Å². The van der Waals surface area contributed by atoms with Gasteiger partial charge >= 0.3 is 6.18 Å². The van der Waals surface area contributed by atoms with E-state index in [-0.39, 0.29) is 4.88 Å². The third-order valence-corrected chi connectivity index (χ3v) is 6.74. The van der Waals surface area contributed by atoms with Gasteiger partial charge in [-0.05, 0) is 30.4 Å². The standard InChI is InChI=1S/C22H25F3N4S/c1-15-7-9-29(10-8-19(15)26-13-16-5-3-2-4-6-16)20-18-11-17(12-22(23,24)25)30-21(18)28-14-27-20/h2-6,11,14-15,19,26H,7-10,12-13H2,1H3/t15-,19+/m0/s1. The Kier molecular flexibility index (Phi) is 6.24. The zero-order valence-electron chi connectivity index (χ0n) is 16.8. The third kappa shape index (κ3) is 5.10. The van der Waals surface area contributed by atoms with Crippen LogP contribution in [0, 0.1) is 5.92 Å². The lowest BCUT2D eigenvalue weighted by atomic mass is 9.97. The van der Waals surface area contributed by atoms with Crippen molar-refractivity contribution in [3.63, 3.8) is 0 Å². The van der Waals surface area contributed by atoms with Crippen LogP contribution in [-0.2, 0) is 13.0 Å². The molecule has 1 aliphatic heterocycles. The van der Waals surface area contributed by atoms with Gasteiger partial charge in [-0.3, -0.25) is 0 Å². The van der Waals surface area contributed by atoms with Crippen molar-refractivity contribution < 1.29 is 13.2 Å². The molecule has 1 fully saturated rings. The number of hydrogen-bond acceptors (Lipinski definition) is 5. The summed E-state index contributed by atoms with van der Waals surface area (Å²) in [5, 5.41) is 4.41. The number of nitrogens with zero attached hydrogens (tertiary/aromatic N) is 3. The molecule has 1 aliphatic rings. The molecule has 0 spiro atoms. The molecule has 0 saturated carbocycles. The van der Waals surface area contributed by atoms with Gasteiger partial charge in [0, 0.05) is 30.6 Å². The molecule has 0 unspecified atom stereocenters. The first-order valence-corrected chi connectivity index (χ1v) is 11.0. The minimum Gasteiger partial charge on any atom is -0.356 e. The van der Waals surface area contributed by atoms with E-state index in [9.17, 15) is 13.2 Å². The average molecular weight is 435 g/mol. The summed E-state index contributed by atoms with van der Waals surface area (Å²) in [7, 11) is 0. The van der Waals surface area contributed by atoms with E-state index < -0.39 is 12.6 Å². The van der Waals surface area contributed by atoms with Gasteiger partial charge in [0.15, 0.2) is 0 Å². The first-order chi connectivity index (χ1) is 14.4. The Morgan fingerprint density at radius 3 is 2.67 bits per heavy atom. The molecule has 1 N–H and O–H groups in total. The Labute approximate surface area is 178 Å². The first kappa shape index (κ1) is 21.1. The number of halogens is 3. The number of benzene rings is 1. The Morgan fingerprint density at radius 1 is 1.13 bits per heavy atom. The maximum atomic E-state index is 12.8. The van der Waals surface area contributed by atoms with E-state index in [0.717, 1.165) is 55.0 Å². The predicted octanol–water partition coefficient (Wildman–Crippen LogP) is 5.19. The summed E-state index contributed by atoms with van der Waals surface area (Å²) in [6.07, 6.45) is -1.72. The largest absolute Gasteiger partial charge is 0.393 e. The maximum absolute atomic E-state index is 12.8. The van der Waals surface area contributed by atoms with Crippen molar-refractivity contribution in [1.82, 2.24) is 15.3 Å². The minimum atomic E-state index is -4.22. The summed E-state index contributed by atoms with van der Waals surface area (Å²) in [6, 6.07) is 12.3. The number of alkyl halides is 3. The molecule has 0 radical (unpaired) electrons. The van der Waals surface area contributed by atoms with Crippen molar-refractivity contribution in [3.8, 4) is 0 Å². The molecule has 4 nitrogen and oxygen atoms in total. The highest BCUT2D eigenvalue weighted by Crippen LogP contribution is 2.34. The van der Waals surface area contributed by atoms with Crippen molar-refractivity contribution in [2.45, 2.75) is 44.9 Å². The Bertz CT molecular complexity index is 973. The summed E-state index contributed by atoms with van der Waals surface area (Å²) >= 11 is 1.10. The van der Waals surface area contributed by atoms with Gasteiger partial charge in [0.1, 0.15) is 17.0 Å². The zero-order chi connectivity index (χ0) is 21.1. The number of aromatic nitrogens is 2. The van der Waals surface area contributed by atoms with Crippen molar-refractivity contribution in [2.24, 2.45) is 5.92 Å². The molecule has 160 valence electrons. The van der Waals surface area contributed by atoms with Gasteiger partial charge in [0.25, 0.3) is 0 Å². The minimum absolute atomic E-state index is 0.282. The van der Waals surface area contributed by atoms with E-state index in [4.69, 9.17) is 0 Å². The second-order valence-corrected chi connectivity index (χ2v) is 9.05. The fourth-order valence-corrected chi connectivity index (χ4v) is 5.06. The van der Waals surface area contributed by atoms with Gasteiger partial charge in [-0.2, -0.15) is 13.2 Å². The predicted molar refractivity (Wildman–Crippen MR) is 115 cm³/mol. The monoisotopic (exact) mass is 434 g/mol. The molecule has 3 aromatic rings. The second-order valence-electron chi connectivity index (χ2n) is 7.94. The summed E-state index contributed by atoms with van der Waals surface area (Å²) in [5.74, 6) is 1.25. The molecule has 1 aromatic carbocycles. The third-order valence-electron chi connectivity index (χ3n) is 5.70. The second kappa shape index (κ2) is 8.89. The number of anilines is 1. The van der Waals surface area contributed by atoms with Crippen LogP contribution in [0.5, 0.6) is 0 Å². The van der Waals surface area contributed by atoms with Gasteiger partial charge in [0.05, 0.1) is 11.8 Å². The van der Waals surface area contributed by atoms with Crippen LogP contribution in [0.15, 0.2) is 42.7 Å². The van der Waals surface area contributed by atoms with Gasteiger partial charge in [-0.25, -0.2) is 9.97 Å². The lowest BCUT2D eigenvalue weighted by molar-refractivity contribution is -0.126. The van der Waals surface area contributed by atoms with Gasteiger partial charge in [-0.1, -0.05) is 37.3 Å². The fraction of sp³-hybridized carbons (Fsp3) is 0.455. The number of rotatable bonds is 5. The molecule has 4 rings (SSSR count). The van der Waals surface area contributed by atoms with Crippen LogP contribution in [0.1, 0.15) is 30.2 Å². The van der Waals surface area contributed by atoms with E-state index in [2.05, 4.69) is 39.2 Å². The van der Waals surface area contributed by atoms with Gasteiger partial charge in [0.2, 0.25) is 0 Å². The molecular formula is C22H25F3N4S. The highest BCUT2D eigenvalue weighted by atomic mass is 32.1. The van der Waals surface area contributed by atoms with Crippen molar-refractivity contribution >= 4 is 27.4 Å². The molecule has 1 saturated heterocycles. The van der Waals surface area contributed by atoms with Crippen LogP contribution < -0.4 is 10.2 Å². The Morgan fingerprint density at radius 2 is 1.90 bits per heavy atom. The van der Waals surface area contributed by atoms with E-state index in [1.807, 2.05) is 18.2 Å². The van der Waals surface area contributed by atoms with Gasteiger partial charge < -0.3 is 10.2 Å². The van der Waals surface area contributed by atoms with Crippen LogP contribution >= 0.6 is 11.3 Å². The SMILES string of the molecule is C[C@H]1CCN(c2ncnc3sc(CC(F)(F)F)cc23)CC[C@H]1NCc1ccccc1. The average Bonchev–Trinajstić information content (AvgIpc) is 3.01. The van der Waals surface area contributed by atoms with Crippen LogP contribution in [0.2, 0.25) is 0 Å². The topological polar surface area (TPSA) is 41.1 Å². The number of thiophene rings is 1. The van der Waals surface area contributed by atoms with Crippen LogP contribution in [-0.4, -0.2) is 35.3 Å². The van der Waals surface area contributed by atoms with Crippen molar-refractivity contribution in [1.29, 1.82) is 0 Å². The molecule has 3 heterocycles. The first-order valence-electron chi connectivity index (χ1n) is 10.2. The molecule has 0 aliphatic carbocycles. The molecule has 2 aromatic heterocycles. The zero-order valence-corrected chi connectivity index (χ0v) is 17.6. The summed E-state index contributed by atoms with van der Waals surface area (Å²) in [4.78, 5) is 11.8. The molecule has 2 atom stereocenters. The van der Waals surface area contributed by atoms with E-state index in [0.29, 0.717) is 16.8 Å². The molecule has 30 heavy (non-hydrogen) atoms. The lowest BCUT2D eigenvalue weighted by Gasteiger charge is -2.23. The van der Waals surface area contributed by atoms with Crippen LogP contribution in [0.25, 0.3) is 10.2 Å². The quantitative estimate of drug-likeness (QED) is 0.600. The molecule has 0 bridgehead atoms. The summed E-state index contributed by atoms with van der Waals surface area (Å²) < 4.78 is 38.4. The normalized spacial score (nSPS) is 20.5. The highest BCUT2D eigenvalue weighted by Gasteiger charge is 2.30.